The normalized spacial score (nSPS) is 9.61. The molecule has 0 aliphatic heterocycles. The predicted octanol–water partition coefficient (Wildman–Crippen LogP) is 1.38. The van der Waals surface area contributed by atoms with Crippen LogP contribution in [0, 0.1) is 10.1 Å². The monoisotopic (exact) mass is 252 g/mol. The van der Waals surface area contributed by atoms with Gasteiger partial charge < -0.3 is 10.1 Å². The standard InChI is InChI=1S/C11H12N2O5/c1-18-11(15)4-5-12-9-3-2-8(7-14)6-10(9)13(16)17/h2-3,6-7,12H,4-5H2,1H3. The Hall–Kier alpha value is -2.44. The van der Waals surface area contributed by atoms with Crippen molar-refractivity contribution in [3.05, 3.63) is 33.9 Å². The first kappa shape index (κ1) is 13.6. The maximum absolute atomic E-state index is 10.9. The molecule has 0 unspecified atom stereocenters. The molecule has 7 heteroatoms. The summed E-state index contributed by atoms with van der Waals surface area (Å²) in [6.45, 7) is 0.216. The van der Waals surface area contributed by atoms with Crippen LogP contribution in [0.4, 0.5) is 11.4 Å². The number of hydrogen-bond acceptors (Lipinski definition) is 6. The molecule has 18 heavy (non-hydrogen) atoms. The highest BCUT2D eigenvalue weighted by Crippen LogP contribution is 2.24. The van der Waals surface area contributed by atoms with Gasteiger partial charge in [0.25, 0.3) is 5.69 Å². The van der Waals surface area contributed by atoms with Crippen molar-refractivity contribution in [2.24, 2.45) is 0 Å². The Kier molecular flexibility index (Phi) is 4.79. The molecule has 0 atom stereocenters. The van der Waals surface area contributed by atoms with Crippen LogP contribution in [0.3, 0.4) is 0 Å². The van der Waals surface area contributed by atoms with Crippen LogP contribution in [0.25, 0.3) is 0 Å². The van der Waals surface area contributed by atoms with Gasteiger partial charge in [-0.2, -0.15) is 0 Å². The molecule has 96 valence electrons. The van der Waals surface area contributed by atoms with E-state index in [1.807, 2.05) is 0 Å². The Balaban J connectivity index is 2.78. The summed E-state index contributed by atoms with van der Waals surface area (Å²) in [7, 11) is 1.27. The number of nitrogens with one attached hydrogen (secondary N) is 1. The molecule has 0 bridgehead atoms. The first-order valence-electron chi connectivity index (χ1n) is 5.12. The van der Waals surface area contributed by atoms with E-state index in [9.17, 15) is 19.7 Å². The van der Waals surface area contributed by atoms with Crippen molar-refractivity contribution < 1.29 is 19.2 Å². The van der Waals surface area contributed by atoms with Crippen LogP contribution in [0.2, 0.25) is 0 Å². The zero-order valence-electron chi connectivity index (χ0n) is 9.71. The van der Waals surface area contributed by atoms with E-state index in [-0.39, 0.29) is 29.9 Å². The maximum atomic E-state index is 10.9. The summed E-state index contributed by atoms with van der Waals surface area (Å²) in [5.74, 6) is -0.408. The maximum Gasteiger partial charge on any atom is 0.307 e. The summed E-state index contributed by atoms with van der Waals surface area (Å²) in [5, 5.41) is 13.6. The van der Waals surface area contributed by atoms with Gasteiger partial charge >= 0.3 is 5.97 Å². The van der Waals surface area contributed by atoms with Crippen LogP contribution in [-0.2, 0) is 9.53 Å². The Labute approximate surface area is 103 Å². The zero-order chi connectivity index (χ0) is 13.5. The number of nitro groups is 1. The van der Waals surface area contributed by atoms with Crippen molar-refractivity contribution in [1.29, 1.82) is 0 Å². The number of hydrogen-bond donors (Lipinski definition) is 1. The van der Waals surface area contributed by atoms with Gasteiger partial charge in [-0.15, -0.1) is 0 Å². The highest BCUT2D eigenvalue weighted by molar-refractivity contribution is 5.79. The molecular formula is C11H12N2O5. The second kappa shape index (κ2) is 6.33. The summed E-state index contributed by atoms with van der Waals surface area (Å²) in [6.07, 6.45) is 0.633. The minimum absolute atomic E-state index is 0.100. The van der Waals surface area contributed by atoms with Gasteiger partial charge in [-0.25, -0.2) is 0 Å². The number of anilines is 1. The van der Waals surface area contributed by atoms with Crippen molar-refractivity contribution in [2.75, 3.05) is 19.0 Å². The number of nitro benzene ring substituents is 1. The number of carbonyl (C=O) groups is 2. The molecule has 1 aromatic rings. The second-order valence-electron chi connectivity index (χ2n) is 3.40. The molecule has 0 fully saturated rings. The number of methoxy groups -OCH3 is 1. The number of rotatable bonds is 6. The molecule has 0 amide bonds. The van der Waals surface area contributed by atoms with E-state index in [4.69, 9.17) is 0 Å². The summed E-state index contributed by atoms with van der Waals surface area (Å²) in [5.41, 5.74) is 0.277. The quantitative estimate of drug-likeness (QED) is 0.355. The lowest BCUT2D eigenvalue weighted by molar-refractivity contribution is -0.384. The smallest absolute Gasteiger partial charge is 0.307 e. The predicted molar refractivity (Wildman–Crippen MR) is 63.6 cm³/mol. The number of carbonyl (C=O) groups excluding carboxylic acids is 2. The van der Waals surface area contributed by atoms with E-state index in [0.29, 0.717) is 6.29 Å². The molecule has 1 N–H and O–H groups in total. The molecule has 0 aliphatic carbocycles. The summed E-state index contributed by atoms with van der Waals surface area (Å²) in [4.78, 5) is 31.6. The zero-order valence-corrected chi connectivity index (χ0v) is 9.71. The summed E-state index contributed by atoms with van der Waals surface area (Å²) >= 11 is 0. The van der Waals surface area contributed by atoms with Gasteiger partial charge in [0.2, 0.25) is 0 Å². The fraction of sp³-hybridized carbons (Fsp3) is 0.273. The number of aldehydes is 1. The van der Waals surface area contributed by atoms with Gasteiger partial charge in [-0.3, -0.25) is 19.7 Å². The van der Waals surface area contributed by atoms with Crippen LogP contribution in [0.15, 0.2) is 18.2 Å². The molecule has 0 saturated carbocycles. The fourth-order valence-electron chi connectivity index (χ4n) is 1.32. The van der Waals surface area contributed by atoms with Crippen LogP contribution in [-0.4, -0.2) is 30.8 Å². The minimum atomic E-state index is -0.590. The second-order valence-corrected chi connectivity index (χ2v) is 3.40. The number of ether oxygens (including phenoxy) is 1. The Morgan fingerprint density at radius 1 is 1.56 bits per heavy atom. The Morgan fingerprint density at radius 2 is 2.28 bits per heavy atom. The topological polar surface area (TPSA) is 98.5 Å². The number of nitrogens with zero attached hydrogens (tertiary/aromatic N) is 1. The van der Waals surface area contributed by atoms with Crippen molar-refractivity contribution in [2.45, 2.75) is 6.42 Å². The molecular weight excluding hydrogens is 240 g/mol. The van der Waals surface area contributed by atoms with Crippen molar-refractivity contribution in [3.63, 3.8) is 0 Å². The van der Waals surface area contributed by atoms with Gasteiger partial charge in [0, 0.05) is 18.2 Å². The molecule has 1 rings (SSSR count). The van der Waals surface area contributed by atoms with Gasteiger partial charge in [-0.05, 0) is 12.1 Å². The average Bonchev–Trinajstić information content (AvgIpc) is 2.38. The summed E-state index contributed by atoms with van der Waals surface area (Å²) < 4.78 is 4.44. The van der Waals surface area contributed by atoms with Crippen LogP contribution >= 0.6 is 0 Å². The first-order valence-corrected chi connectivity index (χ1v) is 5.12. The van der Waals surface area contributed by atoms with Crippen LogP contribution < -0.4 is 5.32 Å². The van der Waals surface area contributed by atoms with E-state index < -0.39 is 10.9 Å². The number of esters is 1. The third-order valence-corrected chi connectivity index (χ3v) is 2.23. The molecule has 0 aliphatic rings. The molecule has 0 heterocycles. The van der Waals surface area contributed by atoms with E-state index in [0.717, 1.165) is 0 Å². The van der Waals surface area contributed by atoms with Crippen molar-refractivity contribution >= 4 is 23.6 Å². The van der Waals surface area contributed by atoms with Gasteiger partial charge in [0.1, 0.15) is 12.0 Å². The lowest BCUT2D eigenvalue weighted by Gasteiger charge is -2.06. The van der Waals surface area contributed by atoms with Gasteiger partial charge in [-0.1, -0.05) is 0 Å². The van der Waals surface area contributed by atoms with E-state index in [2.05, 4.69) is 10.1 Å². The highest BCUT2D eigenvalue weighted by Gasteiger charge is 2.14. The lowest BCUT2D eigenvalue weighted by atomic mass is 10.2. The molecule has 0 spiro atoms. The Morgan fingerprint density at radius 3 is 2.83 bits per heavy atom. The lowest BCUT2D eigenvalue weighted by Crippen LogP contribution is -2.10. The third kappa shape index (κ3) is 3.55. The van der Waals surface area contributed by atoms with Crippen molar-refractivity contribution in [1.82, 2.24) is 0 Å². The molecule has 0 radical (unpaired) electrons. The van der Waals surface area contributed by atoms with Crippen molar-refractivity contribution in [3.8, 4) is 0 Å². The molecule has 0 aromatic heterocycles. The average molecular weight is 252 g/mol. The molecule has 0 saturated heterocycles. The van der Waals surface area contributed by atoms with E-state index >= 15 is 0 Å². The highest BCUT2D eigenvalue weighted by atomic mass is 16.6. The van der Waals surface area contributed by atoms with Gasteiger partial charge in [0.05, 0.1) is 18.5 Å². The summed E-state index contributed by atoms with van der Waals surface area (Å²) in [6, 6.07) is 4.06. The van der Waals surface area contributed by atoms with E-state index in [1.54, 1.807) is 0 Å². The SMILES string of the molecule is COC(=O)CCNc1ccc(C=O)cc1[N+](=O)[O-]. The van der Waals surface area contributed by atoms with Crippen LogP contribution in [0.1, 0.15) is 16.8 Å². The minimum Gasteiger partial charge on any atom is -0.469 e. The molecule has 7 nitrogen and oxygen atoms in total. The largest absolute Gasteiger partial charge is 0.469 e. The Bertz CT molecular complexity index is 473. The molecule has 1 aromatic carbocycles. The third-order valence-electron chi connectivity index (χ3n) is 2.23. The van der Waals surface area contributed by atoms with Gasteiger partial charge in [0.15, 0.2) is 0 Å². The fourth-order valence-corrected chi connectivity index (χ4v) is 1.32. The van der Waals surface area contributed by atoms with Crippen LogP contribution in [0.5, 0.6) is 0 Å². The number of benzene rings is 1. The van der Waals surface area contributed by atoms with E-state index in [1.165, 1.54) is 25.3 Å². The first-order chi connectivity index (χ1) is 8.58.